The molecule has 4 nitrogen and oxygen atoms in total. The number of carbonyl (C=O) groups excluding carboxylic acids is 1. The fraction of sp³-hybridized carbons (Fsp3) is 0.133. The summed E-state index contributed by atoms with van der Waals surface area (Å²) < 4.78 is 10.2. The number of methoxy groups -OCH3 is 1. The van der Waals surface area contributed by atoms with Gasteiger partial charge in [0.25, 0.3) is 0 Å². The zero-order chi connectivity index (χ0) is 14.4. The van der Waals surface area contributed by atoms with Crippen molar-refractivity contribution >= 4 is 23.5 Å². The molecule has 2 aromatic rings. The summed E-state index contributed by atoms with van der Waals surface area (Å²) in [6, 6.07) is 14.4. The normalized spacial score (nSPS) is 9.90. The Morgan fingerprint density at radius 3 is 2.15 bits per heavy atom. The maximum absolute atomic E-state index is 11.7. The van der Waals surface area contributed by atoms with Crippen LogP contribution in [-0.2, 0) is 0 Å². The van der Waals surface area contributed by atoms with Crippen molar-refractivity contribution in [3.63, 3.8) is 0 Å². The van der Waals surface area contributed by atoms with E-state index in [1.54, 1.807) is 55.3 Å². The second-order valence-corrected chi connectivity index (χ2v) is 4.80. The molecule has 0 spiro atoms. The van der Waals surface area contributed by atoms with Crippen LogP contribution in [0.1, 0.15) is 0 Å². The Morgan fingerprint density at radius 2 is 1.60 bits per heavy atom. The van der Waals surface area contributed by atoms with E-state index in [2.05, 4.69) is 5.32 Å². The molecule has 1 N–H and O–H groups in total. The van der Waals surface area contributed by atoms with Gasteiger partial charge in [0.2, 0.25) is 0 Å². The van der Waals surface area contributed by atoms with Crippen LogP contribution in [0.3, 0.4) is 0 Å². The summed E-state index contributed by atoms with van der Waals surface area (Å²) in [6.45, 7) is 0. The van der Waals surface area contributed by atoms with Crippen LogP contribution in [0.2, 0.25) is 0 Å². The number of anilines is 1. The number of nitrogens with one attached hydrogen (secondary N) is 1. The molecule has 0 bridgehead atoms. The van der Waals surface area contributed by atoms with Crippen molar-refractivity contribution in [3.8, 4) is 11.5 Å². The van der Waals surface area contributed by atoms with E-state index in [0.29, 0.717) is 11.4 Å². The van der Waals surface area contributed by atoms with Crippen LogP contribution < -0.4 is 14.8 Å². The highest BCUT2D eigenvalue weighted by Crippen LogP contribution is 2.20. The van der Waals surface area contributed by atoms with Crippen LogP contribution in [0.5, 0.6) is 11.5 Å². The van der Waals surface area contributed by atoms with Crippen molar-refractivity contribution in [3.05, 3.63) is 48.5 Å². The van der Waals surface area contributed by atoms with E-state index in [4.69, 9.17) is 9.47 Å². The first-order valence-corrected chi connectivity index (χ1v) is 7.20. The number of hydrogen-bond acceptors (Lipinski definition) is 4. The van der Waals surface area contributed by atoms with E-state index in [-0.39, 0.29) is 0 Å². The lowest BCUT2D eigenvalue weighted by atomic mass is 10.3. The highest BCUT2D eigenvalue weighted by atomic mass is 32.2. The molecule has 0 aromatic heterocycles. The lowest BCUT2D eigenvalue weighted by molar-refractivity contribution is 0.215. The summed E-state index contributed by atoms with van der Waals surface area (Å²) in [5, 5.41) is 2.65. The Hall–Kier alpha value is -2.14. The number of benzene rings is 2. The SMILES string of the molecule is COc1ccc(NC(=O)Oc2ccc(SC)cc2)cc1. The number of thioether (sulfide) groups is 1. The molecule has 2 rings (SSSR count). The van der Waals surface area contributed by atoms with Gasteiger partial charge in [0.1, 0.15) is 11.5 Å². The lowest BCUT2D eigenvalue weighted by Crippen LogP contribution is -2.16. The second kappa shape index (κ2) is 6.86. The molecule has 0 radical (unpaired) electrons. The van der Waals surface area contributed by atoms with Crippen molar-refractivity contribution < 1.29 is 14.3 Å². The molecule has 0 aliphatic heterocycles. The Morgan fingerprint density at radius 1 is 1.00 bits per heavy atom. The molecule has 0 aliphatic rings. The molecule has 20 heavy (non-hydrogen) atoms. The van der Waals surface area contributed by atoms with Gasteiger partial charge in [0.15, 0.2) is 0 Å². The molecule has 2 aromatic carbocycles. The summed E-state index contributed by atoms with van der Waals surface area (Å²) in [6.07, 6.45) is 1.47. The van der Waals surface area contributed by atoms with Crippen molar-refractivity contribution in [1.29, 1.82) is 0 Å². The van der Waals surface area contributed by atoms with Crippen molar-refractivity contribution in [2.75, 3.05) is 18.7 Å². The summed E-state index contributed by atoms with van der Waals surface area (Å²) >= 11 is 1.63. The average molecular weight is 289 g/mol. The van der Waals surface area contributed by atoms with E-state index in [1.165, 1.54) is 0 Å². The summed E-state index contributed by atoms with van der Waals surface area (Å²) in [5.41, 5.74) is 0.650. The monoisotopic (exact) mass is 289 g/mol. The molecule has 0 saturated carbocycles. The standard InChI is InChI=1S/C15H15NO3S/c1-18-12-5-3-11(4-6-12)16-15(17)19-13-7-9-14(20-2)10-8-13/h3-10H,1-2H3,(H,16,17). The predicted octanol–water partition coefficient (Wildman–Crippen LogP) is 4.03. The van der Waals surface area contributed by atoms with Crippen molar-refractivity contribution in [2.45, 2.75) is 4.90 Å². The number of hydrogen-bond donors (Lipinski definition) is 1. The minimum absolute atomic E-state index is 0.508. The highest BCUT2D eigenvalue weighted by Gasteiger charge is 2.05. The van der Waals surface area contributed by atoms with Gasteiger partial charge in [-0.05, 0) is 54.8 Å². The maximum Gasteiger partial charge on any atom is 0.417 e. The Labute approximate surface area is 122 Å². The first-order valence-electron chi connectivity index (χ1n) is 5.98. The maximum atomic E-state index is 11.7. The number of amides is 1. The lowest BCUT2D eigenvalue weighted by Gasteiger charge is -2.07. The third-order valence-electron chi connectivity index (χ3n) is 2.61. The van der Waals surface area contributed by atoms with Gasteiger partial charge in [-0.3, -0.25) is 5.32 Å². The van der Waals surface area contributed by atoms with Gasteiger partial charge >= 0.3 is 6.09 Å². The number of ether oxygens (including phenoxy) is 2. The third kappa shape index (κ3) is 3.93. The first-order chi connectivity index (χ1) is 9.71. The molecule has 5 heteroatoms. The minimum atomic E-state index is -0.521. The summed E-state index contributed by atoms with van der Waals surface area (Å²) in [4.78, 5) is 12.8. The molecule has 0 aliphatic carbocycles. The van der Waals surface area contributed by atoms with Gasteiger partial charge in [-0.15, -0.1) is 11.8 Å². The highest BCUT2D eigenvalue weighted by molar-refractivity contribution is 7.98. The molecule has 0 unspecified atom stereocenters. The van der Waals surface area contributed by atoms with E-state index in [1.807, 2.05) is 18.4 Å². The van der Waals surface area contributed by atoms with Gasteiger partial charge in [-0.25, -0.2) is 4.79 Å². The van der Waals surface area contributed by atoms with Gasteiger partial charge in [0.05, 0.1) is 7.11 Å². The Balaban J connectivity index is 1.93. The van der Waals surface area contributed by atoms with Gasteiger partial charge in [0, 0.05) is 10.6 Å². The van der Waals surface area contributed by atoms with E-state index in [0.717, 1.165) is 10.6 Å². The molecular weight excluding hydrogens is 274 g/mol. The fourth-order valence-electron chi connectivity index (χ4n) is 1.57. The first kappa shape index (κ1) is 14.3. The molecule has 0 saturated heterocycles. The van der Waals surface area contributed by atoms with E-state index >= 15 is 0 Å². The summed E-state index contributed by atoms with van der Waals surface area (Å²) in [5.74, 6) is 1.24. The molecule has 0 fully saturated rings. The second-order valence-electron chi connectivity index (χ2n) is 3.92. The van der Waals surface area contributed by atoms with Gasteiger partial charge < -0.3 is 9.47 Å². The van der Waals surface area contributed by atoms with Gasteiger partial charge in [-0.2, -0.15) is 0 Å². The van der Waals surface area contributed by atoms with Gasteiger partial charge in [-0.1, -0.05) is 0 Å². The topological polar surface area (TPSA) is 47.6 Å². The van der Waals surface area contributed by atoms with E-state index < -0.39 is 6.09 Å². The Kier molecular flexibility index (Phi) is 4.90. The van der Waals surface area contributed by atoms with Crippen molar-refractivity contribution in [1.82, 2.24) is 0 Å². The van der Waals surface area contributed by atoms with Crippen LogP contribution in [0, 0.1) is 0 Å². The van der Waals surface area contributed by atoms with Crippen LogP contribution >= 0.6 is 11.8 Å². The zero-order valence-corrected chi connectivity index (χ0v) is 12.1. The van der Waals surface area contributed by atoms with E-state index in [9.17, 15) is 4.79 Å². The summed E-state index contributed by atoms with van der Waals surface area (Å²) in [7, 11) is 1.59. The zero-order valence-electron chi connectivity index (χ0n) is 11.3. The minimum Gasteiger partial charge on any atom is -0.497 e. The average Bonchev–Trinajstić information content (AvgIpc) is 2.49. The molecule has 0 atom stereocenters. The van der Waals surface area contributed by atoms with Crippen LogP contribution in [0.25, 0.3) is 0 Å². The molecule has 1 amide bonds. The molecule has 0 heterocycles. The predicted molar refractivity (Wildman–Crippen MR) is 80.9 cm³/mol. The van der Waals surface area contributed by atoms with Crippen LogP contribution in [0.4, 0.5) is 10.5 Å². The van der Waals surface area contributed by atoms with Crippen LogP contribution in [0.15, 0.2) is 53.4 Å². The van der Waals surface area contributed by atoms with Crippen molar-refractivity contribution in [2.24, 2.45) is 0 Å². The number of carbonyl (C=O) groups is 1. The largest absolute Gasteiger partial charge is 0.497 e. The molecular formula is C15H15NO3S. The smallest absolute Gasteiger partial charge is 0.417 e. The number of rotatable bonds is 4. The quantitative estimate of drug-likeness (QED) is 0.863. The Bertz CT molecular complexity index is 515. The molecule has 104 valence electrons. The third-order valence-corrected chi connectivity index (χ3v) is 3.35. The fourth-order valence-corrected chi connectivity index (χ4v) is 1.98. The van der Waals surface area contributed by atoms with Crippen LogP contribution in [-0.4, -0.2) is 19.5 Å².